The highest BCUT2D eigenvalue weighted by atomic mass is 16.5. The van der Waals surface area contributed by atoms with Crippen molar-refractivity contribution in [3.63, 3.8) is 0 Å². The van der Waals surface area contributed by atoms with E-state index in [1.54, 1.807) is 0 Å². The second-order valence-electron chi connectivity index (χ2n) is 9.53. The molecule has 32 heavy (non-hydrogen) atoms. The molecule has 0 fully saturated rings. The molecule has 0 amide bonds. The van der Waals surface area contributed by atoms with Crippen LogP contribution in [-0.4, -0.2) is 36.3 Å². The van der Waals surface area contributed by atoms with Crippen LogP contribution in [0.3, 0.4) is 0 Å². The van der Waals surface area contributed by atoms with Crippen LogP contribution in [0, 0.1) is 0 Å². The summed E-state index contributed by atoms with van der Waals surface area (Å²) in [7, 11) is 2.11. The fourth-order valence-corrected chi connectivity index (χ4v) is 4.88. The lowest BCUT2D eigenvalue weighted by atomic mass is 9.78. The van der Waals surface area contributed by atoms with Crippen LogP contribution < -0.4 is 4.74 Å². The van der Waals surface area contributed by atoms with Crippen molar-refractivity contribution in [2.75, 3.05) is 20.2 Å². The van der Waals surface area contributed by atoms with Gasteiger partial charge in [0.25, 0.3) is 0 Å². The third kappa shape index (κ3) is 5.06. The van der Waals surface area contributed by atoms with E-state index in [0.29, 0.717) is 19.2 Å². The van der Waals surface area contributed by atoms with Gasteiger partial charge >= 0.3 is 0 Å². The van der Waals surface area contributed by atoms with Crippen LogP contribution in [0.1, 0.15) is 55.0 Å². The molecule has 3 aromatic carbocycles. The number of aryl methyl sites for hydroxylation is 1. The number of aliphatic hydroxyl groups is 1. The van der Waals surface area contributed by atoms with E-state index in [1.165, 1.54) is 28.7 Å². The predicted octanol–water partition coefficient (Wildman–Crippen LogP) is 5.76. The number of aliphatic hydroxyl groups excluding tert-OH is 1. The first kappa shape index (κ1) is 22.6. The molecule has 0 bridgehead atoms. The van der Waals surface area contributed by atoms with Gasteiger partial charge in [0.2, 0.25) is 0 Å². The Kier molecular flexibility index (Phi) is 6.98. The molecule has 1 aliphatic carbocycles. The van der Waals surface area contributed by atoms with E-state index in [4.69, 9.17) is 4.74 Å². The van der Waals surface area contributed by atoms with Crippen molar-refractivity contribution in [3.8, 4) is 5.75 Å². The molecule has 0 saturated heterocycles. The molecule has 0 heterocycles. The average Bonchev–Trinajstić information content (AvgIpc) is 2.83. The Morgan fingerprint density at radius 2 is 1.59 bits per heavy atom. The van der Waals surface area contributed by atoms with Crippen molar-refractivity contribution in [1.82, 2.24) is 4.90 Å². The predicted molar refractivity (Wildman–Crippen MR) is 131 cm³/mol. The topological polar surface area (TPSA) is 32.7 Å². The SMILES string of the molecule is CN(C[C@@H](O)COc1ccc(C(C)(C)c2ccccc2)cc1)[C@@H]1CCCc2ccccc21. The summed E-state index contributed by atoms with van der Waals surface area (Å²) < 4.78 is 5.92. The summed E-state index contributed by atoms with van der Waals surface area (Å²) in [5.41, 5.74) is 5.31. The summed E-state index contributed by atoms with van der Waals surface area (Å²) in [6.07, 6.45) is 2.96. The van der Waals surface area contributed by atoms with E-state index < -0.39 is 6.10 Å². The Hall–Kier alpha value is -2.62. The molecule has 0 spiro atoms. The molecule has 1 aliphatic rings. The monoisotopic (exact) mass is 429 g/mol. The van der Waals surface area contributed by atoms with E-state index in [-0.39, 0.29) is 5.41 Å². The van der Waals surface area contributed by atoms with Crippen molar-refractivity contribution < 1.29 is 9.84 Å². The summed E-state index contributed by atoms with van der Waals surface area (Å²) in [5, 5.41) is 10.6. The third-order valence-electron chi connectivity index (χ3n) is 6.88. The van der Waals surface area contributed by atoms with Gasteiger partial charge in [0.05, 0.1) is 0 Å². The second kappa shape index (κ2) is 9.89. The van der Waals surface area contributed by atoms with Gasteiger partial charge in [-0.05, 0) is 60.7 Å². The van der Waals surface area contributed by atoms with Gasteiger partial charge in [-0.3, -0.25) is 4.90 Å². The molecule has 0 saturated carbocycles. The van der Waals surface area contributed by atoms with Crippen LogP contribution in [-0.2, 0) is 11.8 Å². The zero-order valence-corrected chi connectivity index (χ0v) is 19.5. The standard InChI is InChI=1S/C29H35NO2/c1-29(2,23-12-5-4-6-13-23)24-16-18-26(19-17-24)32-21-25(31)20-30(3)28-15-9-11-22-10-7-8-14-27(22)28/h4-8,10,12-14,16-19,25,28,31H,9,11,15,20-21H2,1-3H3/t25-,28-/m1/s1. The van der Waals surface area contributed by atoms with Crippen LogP contribution in [0.5, 0.6) is 5.75 Å². The molecule has 3 nitrogen and oxygen atoms in total. The molecule has 3 aromatic rings. The number of likely N-dealkylation sites (N-methyl/N-ethyl adjacent to an activating group) is 1. The molecule has 4 rings (SSSR count). The van der Waals surface area contributed by atoms with Gasteiger partial charge in [-0.1, -0.05) is 80.6 Å². The molecule has 0 unspecified atom stereocenters. The Bertz CT molecular complexity index is 997. The number of nitrogens with zero attached hydrogens (tertiary/aromatic N) is 1. The van der Waals surface area contributed by atoms with E-state index in [0.717, 1.165) is 18.6 Å². The first-order valence-electron chi connectivity index (χ1n) is 11.7. The maximum atomic E-state index is 10.6. The van der Waals surface area contributed by atoms with Gasteiger partial charge in [-0.2, -0.15) is 0 Å². The van der Waals surface area contributed by atoms with Crippen LogP contribution >= 0.6 is 0 Å². The highest BCUT2D eigenvalue weighted by Gasteiger charge is 2.25. The minimum atomic E-state index is -0.533. The molecule has 3 heteroatoms. The molecule has 0 aliphatic heterocycles. The average molecular weight is 430 g/mol. The zero-order chi connectivity index (χ0) is 22.6. The lowest BCUT2D eigenvalue weighted by molar-refractivity contribution is 0.0598. The summed E-state index contributed by atoms with van der Waals surface area (Å²) in [6, 6.07) is 27.9. The smallest absolute Gasteiger partial charge is 0.119 e. The number of fused-ring (bicyclic) bond motifs is 1. The van der Waals surface area contributed by atoms with E-state index >= 15 is 0 Å². The maximum Gasteiger partial charge on any atom is 0.119 e. The lowest BCUT2D eigenvalue weighted by Crippen LogP contribution is -2.36. The zero-order valence-electron chi connectivity index (χ0n) is 19.5. The molecular formula is C29H35NO2. The van der Waals surface area contributed by atoms with Crippen molar-refractivity contribution in [2.45, 2.75) is 50.7 Å². The highest BCUT2D eigenvalue weighted by Crippen LogP contribution is 2.34. The summed E-state index contributed by atoms with van der Waals surface area (Å²) in [4.78, 5) is 2.28. The number of ether oxygens (including phenoxy) is 1. The summed E-state index contributed by atoms with van der Waals surface area (Å²) in [6.45, 7) is 5.36. The molecule has 0 aromatic heterocycles. The van der Waals surface area contributed by atoms with Gasteiger partial charge in [-0.25, -0.2) is 0 Å². The van der Waals surface area contributed by atoms with Crippen molar-refractivity contribution in [1.29, 1.82) is 0 Å². The molecular weight excluding hydrogens is 394 g/mol. The minimum absolute atomic E-state index is 0.0711. The fourth-order valence-electron chi connectivity index (χ4n) is 4.88. The number of rotatable bonds is 8. The van der Waals surface area contributed by atoms with Gasteiger partial charge in [0.15, 0.2) is 0 Å². The van der Waals surface area contributed by atoms with Crippen molar-refractivity contribution in [3.05, 3.63) is 101 Å². The van der Waals surface area contributed by atoms with Crippen molar-refractivity contribution >= 4 is 0 Å². The van der Waals surface area contributed by atoms with E-state index in [1.807, 2.05) is 18.2 Å². The lowest BCUT2D eigenvalue weighted by Gasteiger charge is -2.34. The number of hydrogen-bond donors (Lipinski definition) is 1. The molecule has 0 radical (unpaired) electrons. The van der Waals surface area contributed by atoms with E-state index in [9.17, 15) is 5.11 Å². The maximum absolute atomic E-state index is 10.6. The van der Waals surface area contributed by atoms with Gasteiger partial charge in [-0.15, -0.1) is 0 Å². The number of hydrogen-bond acceptors (Lipinski definition) is 3. The first-order chi connectivity index (χ1) is 15.4. The molecule has 168 valence electrons. The van der Waals surface area contributed by atoms with Crippen LogP contribution in [0.25, 0.3) is 0 Å². The highest BCUT2D eigenvalue weighted by molar-refractivity contribution is 5.40. The number of benzene rings is 3. The normalized spacial score (nSPS) is 17.1. The Morgan fingerprint density at radius 1 is 0.938 bits per heavy atom. The molecule has 2 atom stereocenters. The summed E-state index contributed by atoms with van der Waals surface area (Å²) >= 11 is 0. The van der Waals surface area contributed by atoms with Crippen LogP contribution in [0.4, 0.5) is 0 Å². The van der Waals surface area contributed by atoms with Crippen LogP contribution in [0.15, 0.2) is 78.9 Å². The summed E-state index contributed by atoms with van der Waals surface area (Å²) in [5.74, 6) is 0.794. The van der Waals surface area contributed by atoms with Gasteiger partial charge in [0, 0.05) is 18.0 Å². The largest absolute Gasteiger partial charge is 0.491 e. The minimum Gasteiger partial charge on any atom is -0.491 e. The van der Waals surface area contributed by atoms with E-state index in [2.05, 4.69) is 86.5 Å². The quantitative estimate of drug-likeness (QED) is 0.494. The van der Waals surface area contributed by atoms with Crippen LogP contribution in [0.2, 0.25) is 0 Å². The molecule has 1 N–H and O–H groups in total. The Labute approximate surface area is 192 Å². The first-order valence-corrected chi connectivity index (χ1v) is 11.7. The third-order valence-corrected chi connectivity index (χ3v) is 6.88. The van der Waals surface area contributed by atoms with Crippen molar-refractivity contribution in [2.24, 2.45) is 0 Å². The Balaban J connectivity index is 1.32. The van der Waals surface area contributed by atoms with Gasteiger partial charge < -0.3 is 9.84 Å². The van der Waals surface area contributed by atoms with Gasteiger partial charge in [0.1, 0.15) is 18.5 Å². The fraction of sp³-hybridized carbons (Fsp3) is 0.379. The Morgan fingerprint density at radius 3 is 2.34 bits per heavy atom. The second-order valence-corrected chi connectivity index (χ2v) is 9.53.